The molecule has 0 saturated heterocycles. The summed E-state index contributed by atoms with van der Waals surface area (Å²) in [5.74, 6) is -9.24. The second-order valence-electron chi connectivity index (χ2n) is 9.93. The number of primary amides is 1. The Morgan fingerprint density at radius 3 is 1.51 bits per heavy atom. The van der Waals surface area contributed by atoms with Gasteiger partial charge >= 0.3 is 17.9 Å². The number of hydrogen-bond acceptors (Lipinski definition) is 10. The van der Waals surface area contributed by atoms with E-state index in [9.17, 15) is 48.6 Å². The number of carboxylic acids is 3. The van der Waals surface area contributed by atoms with Crippen LogP contribution in [0.2, 0.25) is 0 Å². The van der Waals surface area contributed by atoms with Gasteiger partial charge in [-0.3, -0.25) is 33.6 Å². The van der Waals surface area contributed by atoms with Crippen molar-refractivity contribution in [3.05, 3.63) is 35.9 Å². The molecule has 5 atom stereocenters. The van der Waals surface area contributed by atoms with Crippen LogP contribution in [0.25, 0.3) is 0 Å². The van der Waals surface area contributed by atoms with Crippen LogP contribution in [0.3, 0.4) is 0 Å². The molecule has 0 aliphatic heterocycles. The van der Waals surface area contributed by atoms with Crippen LogP contribution in [0, 0.1) is 0 Å². The van der Waals surface area contributed by atoms with Crippen molar-refractivity contribution in [2.45, 2.75) is 75.2 Å². The molecule has 1 aromatic rings. The Balaban J connectivity index is 3.03. The monoisotopic (exact) mass is 638 g/mol. The van der Waals surface area contributed by atoms with Crippen molar-refractivity contribution < 1.29 is 58.8 Å². The van der Waals surface area contributed by atoms with E-state index in [1.807, 2.05) is 5.32 Å². The Morgan fingerprint density at radius 2 is 1.04 bits per heavy atom. The highest BCUT2D eigenvalue weighted by Crippen LogP contribution is 2.06. The molecule has 12 N–H and O–H groups in total. The Morgan fingerprint density at radius 1 is 0.622 bits per heavy atom. The third-order valence-corrected chi connectivity index (χ3v) is 6.30. The number of carbonyl (C=O) groups excluding carboxylic acids is 5. The summed E-state index contributed by atoms with van der Waals surface area (Å²) in [6.07, 6.45) is -2.89. The van der Waals surface area contributed by atoms with Crippen LogP contribution in [0.1, 0.15) is 44.1 Å². The summed E-state index contributed by atoms with van der Waals surface area (Å²) >= 11 is 0. The average molecular weight is 639 g/mol. The molecule has 0 spiro atoms. The van der Waals surface area contributed by atoms with Gasteiger partial charge in [-0.25, -0.2) is 4.79 Å². The van der Waals surface area contributed by atoms with Crippen molar-refractivity contribution in [3.63, 3.8) is 0 Å². The molecule has 248 valence electrons. The third kappa shape index (κ3) is 14.8. The van der Waals surface area contributed by atoms with Crippen molar-refractivity contribution in [1.82, 2.24) is 21.3 Å². The van der Waals surface area contributed by atoms with E-state index in [2.05, 4.69) is 16.0 Å². The maximum Gasteiger partial charge on any atom is 0.326 e. The number of benzene rings is 1. The molecule has 5 amide bonds. The van der Waals surface area contributed by atoms with Gasteiger partial charge in [-0.1, -0.05) is 30.3 Å². The number of carboxylic acid groups (broad SMARTS) is 3. The van der Waals surface area contributed by atoms with Gasteiger partial charge in [-0.15, -0.1) is 0 Å². The lowest BCUT2D eigenvalue weighted by Crippen LogP contribution is -2.59. The van der Waals surface area contributed by atoms with Gasteiger partial charge in [0.25, 0.3) is 0 Å². The van der Waals surface area contributed by atoms with E-state index >= 15 is 0 Å². The van der Waals surface area contributed by atoms with Crippen molar-refractivity contribution in [2.24, 2.45) is 11.5 Å². The second kappa shape index (κ2) is 19.2. The molecule has 0 aliphatic rings. The minimum absolute atomic E-state index is 0.108. The maximum atomic E-state index is 13.0. The molecule has 0 radical (unpaired) electrons. The number of aliphatic hydroxyl groups is 1. The van der Waals surface area contributed by atoms with E-state index in [-0.39, 0.29) is 19.3 Å². The average Bonchev–Trinajstić information content (AvgIpc) is 2.97. The Hall–Kier alpha value is -5.10. The Bertz CT molecular complexity index is 1230. The smallest absolute Gasteiger partial charge is 0.326 e. The highest BCUT2D eigenvalue weighted by molar-refractivity contribution is 5.96. The zero-order chi connectivity index (χ0) is 34.1. The van der Waals surface area contributed by atoms with Crippen molar-refractivity contribution in [3.8, 4) is 0 Å². The Labute approximate surface area is 256 Å². The van der Waals surface area contributed by atoms with E-state index < -0.39 is 110 Å². The van der Waals surface area contributed by atoms with Crippen molar-refractivity contribution >= 4 is 47.4 Å². The summed E-state index contributed by atoms with van der Waals surface area (Å²) in [6.45, 7) is -1.04. The first-order valence-corrected chi connectivity index (χ1v) is 13.7. The molecule has 1 rings (SSSR count). The molecule has 18 nitrogen and oxygen atoms in total. The fourth-order valence-electron chi connectivity index (χ4n) is 3.87. The summed E-state index contributed by atoms with van der Waals surface area (Å²) in [6, 6.07) is 1.05. The molecule has 0 fully saturated rings. The van der Waals surface area contributed by atoms with E-state index in [4.69, 9.17) is 21.7 Å². The molecule has 1 aromatic carbocycles. The molecule has 0 unspecified atom stereocenters. The zero-order valence-corrected chi connectivity index (χ0v) is 24.1. The fraction of sp³-hybridized carbons (Fsp3) is 0.481. The highest BCUT2D eigenvalue weighted by Gasteiger charge is 2.32. The first-order chi connectivity index (χ1) is 21.1. The largest absolute Gasteiger partial charge is 0.481 e. The number of nitrogens with two attached hydrogens (primary N) is 2. The molecule has 18 heteroatoms. The number of aliphatic hydroxyl groups excluding tert-OH is 1. The van der Waals surface area contributed by atoms with E-state index in [1.165, 1.54) is 0 Å². The van der Waals surface area contributed by atoms with Crippen LogP contribution >= 0.6 is 0 Å². The fourth-order valence-corrected chi connectivity index (χ4v) is 3.87. The highest BCUT2D eigenvalue weighted by atomic mass is 16.4. The number of amides is 5. The predicted molar refractivity (Wildman–Crippen MR) is 153 cm³/mol. The lowest BCUT2D eigenvalue weighted by atomic mass is 10.0. The molecule has 0 bridgehead atoms. The lowest BCUT2D eigenvalue weighted by Gasteiger charge is -2.25. The Kier molecular flexibility index (Phi) is 16.2. The van der Waals surface area contributed by atoms with E-state index in [0.717, 1.165) is 5.56 Å². The van der Waals surface area contributed by atoms with Gasteiger partial charge in [0.1, 0.15) is 24.2 Å². The molecule has 0 aromatic heterocycles. The third-order valence-electron chi connectivity index (χ3n) is 6.30. The second-order valence-corrected chi connectivity index (χ2v) is 9.93. The van der Waals surface area contributed by atoms with E-state index in [1.54, 1.807) is 30.3 Å². The number of hydrogen-bond donors (Lipinski definition) is 10. The maximum absolute atomic E-state index is 13.0. The normalized spacial score (nSPS) is 14.0. The quantitative estimate of drug-likeness (QED) is 0.0627. The van der Waals surface area contributed by atoms with Crippen LogP contribution in [-0.4, -0.2) is 105 Å². The van der Waals surface area contributed by atoms with Crippen LogP contribution in [0.15, 0.2) is 30.3 Å². The number of nitrogens with one attached hydrogen (secondary N) is 4. The van der Waals surface area contributed by atoms with Crippen LogP contribution in [0.5, 0.6) is 0 Å². The zero-order valence-electron chi connectivity index (χ0n) is 24.1. The van der Waals surface area contributed by atoms with Gasteiger partial charge in [0.15, 0.2) is 0 Å². The van der Waals surface area contributed by atoms with Gasteiger partial charge < -0.3 is 53.2 Å². The summed E-state index contributed by atoms with van der Waals surface area (Å²) in [7, 11) is 0. The lowest BCUT2D eigenvalue weighted by molar-refractivity contribution is -0.144. The molecular formula is C27H38N6O12. The number of aliphatic carboxylic acids is 3. The van der Waals surface area contributed by atoms with Gasteiger partial charge in [0.05, 0.1) is 12.6 Å². The minimum Gasteiger partial charge on any atom is -0.481 e. The molecule has 45 heavy (non-hydrogen) atoms. The van der Waals surface area contributed by atoms with Gasteiger partial charge in [0, 0.05) is 19.3 Å². The number of rotatable bonds is 21. The molecule has 0 saturated carbocycles. The summed E-state index contributed by atoms with van der Waals surface area (Å²) < 4.78 is 0. The van der Waals surface area contributed by atoms with Crippen molar-refractivity contribution in [2.75, 3.05) is 6.61 Å². The van der Waals surface area contributed by atoms with Crippen LogP contribution in [-0.2, 0) is 44.8 Å². The summed E-state index contributed by atoms with van der Waals surface area (Å²) in [5, 5.41) is 45.7. The summed E-state index contributed by atoms with van der Waals surface area (Å²) in [5.41, 5.74) is 11.9. The topological polar surface area (TPSA) is 318 Å². The molecule has 0 heterocycles. The van der Waals surface area contributed by atoms with Gasteiger partial charge in [0.2, 0.25) is 29.5 Å². The standard InChI is InChI=1S/C27H38N6O12/c28-15(12-14-4-2-1-3-5-14)23(40)30-16(6-9-20(29)35)25(42)33-19(13-34)26(43)31-17(7-10-21(36)37)24(41)32-18(27(44)45)8-11-22(38)39/h1-5,15-19,34H,6-13,28H2,(H2,29,35)(H,30,40)(H,31,43)(H,32,41)(H,33,42)(H,36,37)(H,38,39)(H,44,45)/t15-,16-,17-,18-,19-/m0/s1. The van der Waals surface area contributed by atoms with Crippen LogP contribution in [0.4, 0.5) is 0 Å². The molecule has 0 aliphatic carbocycles. The van der Waals surface area contributed by atoms with Gasteiger partial charge in [-0.2, -0.15) is 0 Å². The first-order valence-electron chi connectivity index (χ1n) is 13.7. The molecular weight excluding hydrogens is 600 g/mol. The minimum atomic E-state index is -1.76. The number of carbonyl (C=O) groups is 8. The SMILES string of the molecule is NC(=O)CC[C@H](NC(=O)[C@@H](N)Cc1ccccc1)C(=O)N[C@@H](CO)C(=O)N[C@@H](CCC(=O)O)C(=O)N[C@@H](CCC(=O)O)C(=O)O. The van der Waals surface area contributed by atoms with Crippen LogP contribution < -0.4 is 32.7 Å². The first kappa shape index (κ1) is 37.9. The van der Waals surface area contributed by atoms with Crippen molar-refractivity contribution in [1.29, 1.82) is 0 Å². The van der Waals surface area contributed by atoms with E-state index in [0.29, 0.717) is 0 Å². The summed E-state index contributed by atoms with van der Waals surface area (Å²) in [4.78, 5) is 96.2. The van der Waals surface area contributed by atoms with Gasteiger partial charge in [-0.05, 0) is 31.2 Å². The predicted octanol–water partition coefficient (Wildman–Crippen LogP) is -3.43.